The predicted molar refractivity (Wildman–Crippen MR) is 71.3 cm³/mol. The molecule has 9 nitrogen and oxygen atoms in total. The highest BCUT2D eigenvalue weighted by Gasteiger charge is 2.17. The molecule has 10 heteroatoms. The van der Waals surface area contributed by atoms with Crippen molar-refractivity contribution in [1.82, 2.24) is 15.7 Å². The van der Waals surface area contributed by atoms with E-state index in [0.717, 1.165) is 0 Å². The van der Waals surface area contributed by atoms with E-state index in [2.05, 4.69) is 25.5 Å². The number of hydrogen-bond donors (Lipinski definition) is 2. The van der Waals surface area contributed by atoms with Crippen molar-refractivity contribution in [2.45, 2.75) is 0 Å². The molecule has 0 spiro atoms. The lowest BCUT2D eigenvalue weighted by Gasteiger charge is -2.01. The van der Waals surface area contributed by atoms with Crippen LogP contribution in [0, 0.1) is 0 Å². The Labute approximate surface area is 122 Å². The van der Waals surface area contributed by atoms with E-state index >= 15 is 0 Å². The number of benzene rings is 1. The van der Waals surface area contributed by atoms with Gasteiger partial charge >= 0.3 is 0 Å². The number of nitrogens with two attached hydrogens (primary N) is 1. The lowest BCUT2D eigenvalue weighted by atomic mass is 10.2. The Morgan fingerprint density at radius 3 is 2.86 bits per heavy atom. The van der Waals surface area contributed by atoms with Crippen LogP contribution in [0.15, 0.2) is 21.9 Å². The molecule has 3 rings (SSSR count). The molecule has 1 aromatic carbocycles. The van der Waals surface area contributed by atoms with Crippen molar-refractivity contribution in [3.63, 3.8) is 0 Å². The summed E-state index contributed by atoms with van der Waals surface area (Å²) in [6, 6.07) is 3.25. The molecule has 0 fully saturated rings. The Bertz CT molecular complexity index is 729. The van der Waals surface area contributed by atoms with Gasteiger partial charge in [-0.05, 0) is 16.4 Å². The number of ether oxygens (including phenoxy) is 2. The monoisotopic (exact) mass is 309 g/mol. The molecule has 0 saturated heterocycles. The average molecular weight is 310 g/mol. The molecular weight excluding hydrogens is 302 g/mol. The molecule has 3 N–H and O–H groups in total. The fraction of sp³-hybridized carbons (Fsp3) is 0.0909. The Morgan fingerprint density at radius 1 is 1.38 bits per heavy atom. The number of hydrazone groups is 1. The molecule has 0 unspecified atom stereocenters. The minimum absolute atomic E-state index is 0.121. The second-order valence-corrected chi connectivity index (χ2v) is 4.33. The predicted octanol–water partition coefficient (Wildman–Crippen LogP) is 0.798. The smallest absolute Gasteiger partial charge is 0.297 e. The third-order valence-electron chi connectivity index (χ3n) is 2.59. The van der Waals surface area contributed by atoms with Crippen LogP contribution in [0.3, 0.4) is 0 Å². The van der Waals surface area contributed by atoms with Crippen LogP contribution in [0.1, 0.15) is 16.1 Å². The van der Waals surface area contributed by atoms with Gasteiger partial charge in [0, 0.05) is 11.6 Å². The van der Waals surface area contributed by atoms with Crippen LogP contribution < -0.4 is 20.6 Å². The van der Waals surface area contributed by atoms with Crippen molar-refractivity contribution in [1.29, 1.82) is 0 Å². The topological polar surface area (TPSA) is 125 Å². The first-order valence-electron chi connectivity index (χ1n) is 5.65. The molecule has 1 aliphatic heterocycles. The van der Waals surface area contributed by atoms with Crippen molar-refractivity contribution in [2.75, 3.05) is 12.5 Å². The largest absolute Gasteiger partial charge is 0.454 e. The second kappa shape index (κ2) is 5.29. The van der Waals surface area contributed by atoms with Crippen LogP contribution in [0.25, 0.3) is 0 Å². The van der Waals surface area contributed by atoms with E-state index in [9.17, 15) is 4.79 Å². The average Bonchev–Trinajstić information content (AvgIpc) is 3.07. The van der Waals surface area contributed by atoms with Crippen LogP contribution in [-0.4, -0.2) is 29.2 Å². The maximum absolute atomic E-state index is 11.6. The number of fused-ring (bicyclic) bond motifs is 1. The molecule has 0 saturated carbocycles. The van der Waals surface area contributed by atoms with Gasteiger partial charge in [0.15, 0.2) is 11.5 Å². The number of carbonyl (C=O) groups excluding carboxylic acids is 1. The van der Waals surface area contributed by atoms with Crippen molar-refractivity contribution in [3.8, 4) is 11.5 Å². The zero-order valence-corrected chi connectivity index (χ0v) is 11.1. The highest BCUT2D eigenvalue weighted by Crippen LogP contribution is 2.36. The zero-order chi connectivity index (χ0) is 14.8. The SMILES string of the molecule is Nc1nonc1C(=O)N/N=C\c1cc2c(cc1Cl)OCO2. The normalized spacial score (nSPS) is 12.8. The van der Waals surface area contributed by atoms with Crippen LogP contribution in [0.5, 0.6) is 11.5 Å². The third kappa shape index (κ3) is 2.58. The summed E-state index contributed by atoms with van der Waals surface area (Å²) < 4.78 is 14.7. The van der Waals surface area contributed by atoms with Crippen molar-refractivity contribution >= 4 is 29.5 Å². The van der Waals surface area contributed by atoms with Gasteiger partial charge in [-0.2, -0.15) is 5.10 Å². The Kier molecular flexibility index (Phi) is 3.32. The van der Waals surface area contributed by atoms with Gasteiger partial charge in [-0.15, -0.1) is 0 Å². The van der Waals surface area contributed by atoms with E-state index in [1.54, 1.807) is 12.1 Å². The molecule has 1 amide bonds. The van der Waals surface area contributed by atoms with Gasteiger partial charge in [0.2, 0.25) is 18.3 Å². The lowest BCUT2D eigenvalue weighted by molar-refractivity contribution is 0.0946. The molecular formula is C11H8ClN5O4. The fourth-order valence-electron chi connectivity index (χ4n) is 1.60. The fourth-order valence-corrected chi connectivity index (χ4v) is 1.80. The van der Waals surface area contributed by atoms with Gasteiger partial charge in [-0.3, -0.25) is 4.79 Å². The van der Waals surface area contributed by atoms with Gasteiger partial charge in [0.05, 0.1) is 11.2 Å². The summed E-state index contributed by atoms with van der Waals surface area (Å²) >= 11 is 6.05. The molecule has 1 aromatic heterocycles. The summed E-state index contributed by atoms with van der Waals surface area (Å²) in [5.41, 5.74) is 8.00. The molecule has 21 heavy (non-hydrogen) atoms. The van der Waals surface area contributed by atoms with Gasteiger partial charge in [-0.1, -0.05) is 11.6 Å². The van der Waals surface area contributed by atoms with Crippen molar-refractivity contribution in [2.24, 2.45) is 5.10 Å². The quantitative estimate of drug-likeness (QED) is 0.634. The maximum atomic E-state index is 11.6. The van der Waals surface area contributed by atoms with Crippen LogP contribution in [-0.2, 0) is 0 Å². The Morgan fingerprint density at radius 2 is 2.14 bits per heavy atom. The Balaban J connectivity index is 1.72. The van der Waals surface area contributed by atoms with E-state index in [0.29, 0.717) is 22.1 Å². The maximum Gasteiger partial charge on any atom is 0.297 e. The van der Waals surface area contributed by atoms with Gasteiger partial charge < -0.3 is 15.2 Å². The molecule has 108 valence electrons. The van der Waals surface area contributed by atoms with Gasteiger partial charge in [-0.25, -0.2) is 10.1 Å². The zero-order valence-electron chi connectivity index (χ0n) is 10.4. The number of hydrogen-bond acceptors (Lipinski definition) is 8. The summed E-state index contributed by atoms with van der Waals surface area (Å²) in [6.07, 6.45) is 1.35. The number of carbonyl (C=O) groups is 1. The second-order valence-electron chi connectivity index (χ2n) is 3.92. The lowest BCUT2D eigenvalue weighted by Crippen LogP contribution is -2.19. The molecule has 0 atom stereocenters. The molecule has 0 bridgehead atoms. The van der Waals surface area contributed by atoms with E-state index in [-0.39, 0.29) is 18.3 Å². The number of anilines is 1. The highest BCUT2D eigenvalue weighted by atomic mass is 35.5. The molecule has 0 aliphatic carbocycles. The number of rotatable bonds is 3. The first-order valence-corrected chi connectivity index (χ1v) is 6.03. The Hall–Kier alpha value is -2.81. The minimum atomic E-state index is -0.651. The molecule has 1 aliphatic rings. The standard InChI is InChI=1S/C11H8ClN5O4/c12-6-2-8-7(19-4-20-8)1-5(6)3-14-15-11(18)9-10(13)17-21-16-9/h1-3H,4H2,(H2,13,17)(H,15,18)/b14-3-. The summed E-state index contributed by atoms with van der Waals surface area (Å²) in [4.78, 5) is 11.6. The van der Waals surface area contributed by atoms with Crippen molar-refractivity contribution < 1.29 is 18.9 Å². The van der Waals surface area contributed by atoms with E-state index in [1.165, 1.54) is 6.21 Å². The summed E-state index contributed by atoms with van der Waals surface area (Å²) in [5, 5.41) is 10.8. The first-order chi connectivity index (χ1) is 10.1. The minimum Gasteiger partial charge on any atom is -0.454 e. The van der Waals surface area contributed by atoms with Crippen LogP contribution in [0.4, 0.5) is 5.82 Å². The number of nitrogen functional groups attached to an aromatic ring is 1. The van der Waals surface area contributed by atoms with Gasteiger partial charge in [0.25, 0.3) is 5.91 Å². The van der Waals surface area contributed by atoms with E-state index < -0.39 is 5.91 Å². The summed E-state index contributed by atoms with van der Waals surface area (Å²) in [6.45, 7) is 0.140. The third-order valence-corrected chi connectivity index (χ3v) is 2.92. The van der Waals surface area contributed by atoms with Crippen LogP contribution in [0.2, 0.25) is 5.02 Å². The van der Waals surface area contributed by atoms with Gasteiger partial charge in [0.1, 0.15) is 0 Å². The highest BCUT2D eigenvalue weighted by molar-refractivity contribution is 6.33. The molecule has 0 radical (unpaired) electrons. The summed E-state index contributed by atoms with van der Waals surface area (Å²) in [5.74, 6) is 0.338. The van der Waals surface area contributed by atoms with E-state index in [4.69, 9.17) is 26.8 Å². The number of nitrogens with zero attached hydrogens (tertiary/aromatic N) is 3. The molecule has 2 aromatic rings. The number of halogens is 1. The first kappa shape index (κ1) is 13.2. The van der Waals surface area contributed by atoms with Crippen molar-refractivity contribution in [3.05, 3.63) is 28.4 Å². The van der Waals surface area contributed by atoms with E-state index in [1.807, 2.05) is 0 Å². The summed E-state index contributed by atoms with van der Waals surface area (Å²) in [7, 11) is 0. The molecule has 2 heterocycles. The number of aromatic nitrogens is 2. The van der Waals surface area contributed by atoms with Crippen LogP contribution >= 0.6 is 11.6 Å². The number of amides is 1. The number of nitrogens with one attached hydrogen (secondary N) is 1.